The summed E-state index contributed by atoms with van der Waals surface area (Å²) in [5.41, 5.74) is 0.436. The smallest absolute Gasteiger partial charge is 0.407 e. The molecule has 62 heavy (non-hydrogen) atoms. The van der Waals surface area contributed by atoms with Gasteiger partial charge in [0, 0.05) is 37.3 Å². The summed E-state index contributed by atoms with van der Waals surface area (Å²) in [5, 5.41) is 16.3. The number of esters is 4. The number of amides is 6. The van der Waals surface area contributed by atoms with E-state index in [1.807, 2.05) is 0 Å². The summed E-state index contributed by atoms with van der Waals surface area (Å²) in [5.74, 6) is -2.60. The van der Waals surface area contributed by atoms with Gasteiger partial charge in [-0.2, -0.15) is 0 Å². The van der Waals surface area contributed by atoms with E-state index in [2.05, 4.69) is 81.5 Å². The Kier molecular flexibility index (Phi) is 28.8. The number of hydrogen-bond acceptors (Lipinski definition) is 14. The van der Waals surface area contributed by atoms with E-state index in [1.165, 1.54) is 28.1 Å². The van der Waals surface area contributed by atoms with E-state index in [9.17, 15) is 38.4 Å². The number of unbranched alkanes of at least 4 members (excludes halogenated alkanes) is 2. The monoisotopic (exact) mass is 900 g/mol. The van der Waals surface area contributed by atoms with Gasteiger partial charge in [-0.1, -0.05) is 46.1 Å². The first-order valence-corrected chi connectivity index (χ1v) is 24.1. The molecule has 0 fully saturated rings. The number of carbonyl (C=O) groups is 8. The number of ether oxygens (including phenoxy) is 6. The number of nitrogens with one attached hydrogen (secondary N) is 6. The molecule has 0 aliphatic heterocycles. The summed E-state index contributed by atoms with van der Waals surface area (Å²) in [6, 6.07) is -1.55. The molecule has 0 aromatic heterocycles. The molecule has 0 spiro atoms. The lowest BCUT2D eigenvalue weighted by Crippen LogP contribution is -2.42. The molecule has 0 aliphatic rings. The number of urea groups is 2. The Hall–Kier alpha value is -5.34. The molecular formula is C41H72N6O14Si. The number of hydrogen-bond donors (Lipinski definition) is 6. The summed E-state index contributed by atoms with van der Waals surface area (Å²) in [7, 11) is 0.611. The largest absolute Gasteiger partial charge is 0.461 e. The summed E-state index contributed by atoms with van der Waals surface area (Å²) >= 11 is 0. The highest BCUT2D eigenvalue weighted by Crippen LogP contribution is 2.44. The first-order chi connectivity index (χ1) is 29.2. The Morgan fingerprint density at radius 3 is 1.27 bits per heavy atom. The second-order valence-electron chi connectivity index (χ2n) is 15.9. The fourth-order valence-corrected chi connectivity index (χ4v) is 8.11. The van der Waals surface area contributed by atoms with Gasteiger partial charge in [0.25, 0.3) is 0 Å². The second-order valence-corrected chi connectivity index (χ2v) is 21.5. The summed E-state index contributed by atoms with van der Waals surface area (Å²) < 4.78 is 29.2. The van der Waals surface area contributed by atoms with E-state index in [0.29, 0.717) is 51.9 Å². The fraction of sp³-hybridized carbons (Fsp3) is 0.707. The van der Waals surface area contributed by atoms with Gasteiger partial charge in [0.1, 0.15) is 38.5 Å². The highest BCUT2D eigenvalue weighted by Gasteiger charge is 2.37. The van der Waals surface area contributed by atoms with Gasteiger partial charge in [0.05, 0.1) is 22.3 Å². The van der Waals surface area contributed by atoms with Crippen LogP contribution in [0.15, 0.2) is 24.3 Å². The molecule has 0 saturated heterocycles. The highest BCUT2D eigenvalue weighted by molar-refractivity contribution is 6.80. The van der Waals surface area contributed by atoms with Gasteiger partial charge >= 0.3 is 48.1 Å². The van der Waals surface area contributed by atoms with Crippen molar-refractivity contribution < 1.29 is 66.8 Å². The molecule has 0 aromatic carbocycles. The maximum absolute atomic E-state index is 12.5. The predicted molar refractivity (Wildman–Crippen MR) is 233 cm³/mol. The van der Waals surface area contributed by atoms with E-state index in [0.717, 1.165) is 25.3 Å². The molecule has 354 valence electrons. The molecular weight excluding hydrogens is 829 g/mol. The Morgan fingerprint density at radius 1 is 0.548 bits per heavy atom. The minimum absolute atomic E-state index is 0.0723. The zero-order valence-corrected chi connectivity index (χ0v) is 39.0. The minimum atomic E-state index is -1.74. The van der Waals surface area contributed by atoms with Crippen molar-refractivity contribution in [2.75, 3.05) is 66.8 Å². The third kappa shape index (κ3) is 26.1. The van der Waals surface area contributed by atoms with Crippen molar-refractivity contribution in [3.05, 3.63) is 24.3 Å². The van der Waals surface area contributed by atoms with E-state index >= 15 is 0 Å². The van der Waals surface area contributed by atoms with Crippen LogP contribution >= 0.6 is 0 Å². The molecule has 0 saturated carbocycles. The van der Waals surface area contributed by atoms with Crippen molar-refractivity contribution in [2.45, 2.75) is 122 Å². The summed E-state index contributed by atoms with van der Waals surface area (Å²) in [6.07, 6.45) is 3.49. The molecule has 2 atom stereocenters. The van der Waals surface area contributed by atoms with Crippen LogP contribution in [0.3, 0.4) is 0 Å². The van der Waals surface area contributed by atoms with Crippen molar-refractivity contribution in [1.82, 2.24) is 31.9 Å². The molecule has 20 nitrogen and oxygen atoms in total. The average molecular weight is 901 g/mol. The van der Waals surface area contributed by atoms with Crippen LogP contribution in [0, 0.1) is 0 Å². The fourth-order valence-electron chi connectivity index (χ4n) is 5.52. The number of carbonyl (C=O) groups excluding carboxylic acids is 8. The zero-order valence-electron chi connectivity index (χ0n) is 38.0. The maximum Gasteiger partial charge on any atom is 0.407 e. The molecule has 0 rings (SSSR count). The number of rotatable bonds is 31. The van der Waals surface area contributed by atoms with Crippen molar-refractivity contribution >= 4 is 56.2 Å². The first kappa shape index (κ1) is 56.7. The molecule has 6 N–H and O–H groups in total. The van der Waals surface area contributed by atoms with Crippen LogP contribution in [0.25, 0.3) is 0 Å². The Bertz CT molecular complexity index is 1380. The minimum Gasteiger partial charge on any atom is -0.461 e. The summed E-state index contributed by atoms with van der Waals surface area (Å²) in [6.45, 7) is 20.2. The lowest BCUT2D eigenvalue weighted by Gasteiger charge is -2.40. The SMILES string of the molecule is C=C(C)C(=O)OCCOC(=O)C(CCCCNC(=O)NCCCC(C)(C)[Si](C)(C)CCCNC(=O)NCCCCC(NC(=O)OC)C(=O)OCCOC(=O)C(=C)C)NC(=O)OC. The van der Waals surface area contributed by atoms with E-state index in [-0.39, 0.29) is 67.5 Å². The van der Waals surface area contributed by atoms with Crippen molar-refractivity contribution in [2.24, 2.45) is 0 Å². The molecule has 0 heterocycles. The molecule has 2 unspecified atom stereocenters. The van der Waals surface area contributed by atoms with Gasteiger partial charge in [-0.05, 0) is 76.7 Å². The van der Waals surface area contributed by atoms with Crippen LogP contribution in [0.4, 0.5) is 19.2 Å². The first-order valence-electron chi connectivity index (χ1n) is 20.9. The van der Waals surface area contributed by atoms with Crippen LogP contribution < -0.4 is 31.9 Å². The van der Waals surface area contributed by atoms with Gasteiger partial charge in [0.2, 0.25) is 0 Å². The zero-order chi connectivity index (χ0) is 47.1. The van der Waals surface area contributed by atoms with Crippen LogP contribution in [-0.2, 0) is 47.6 Å². The van der Waals surface area contributed by atoms with Gasteiger partial charge < -0.3 is 60.3 Å². The van der Waals surface area contributed by atoms with E-state index in [1.54, 1.807) is 0 Å². The molecule has 6 amide bonds. The van der Waals surface area contributed by atoms with Gasteiger partial charge in [-0.3, -0.25) is 0 Å². The lowest BCUT2D eigenvalue weighted by molar-refractivity contribution is -0.151. The second kappa shape index (κ2) is 31.5. The van der Waals surface area contributed by atoms with Gasteiger partial charge in [0.15, 0.2) is 0 Å². The van der Waals surface area contributed by atoms with E-state index in [4.69, 9.17) is 18.9 Å². The predicted octanol–water partition coefficient (Wildman–Crippen LogP) is 4.36. The van der Waals surface area contributed by atoms with Crippen molar-refractivity contribution in [3.8, 4) is 0 Å². The third-order valence-electron chi connectivity index (χ3n) is 10.1. The number of methoxy groups -OCH3 is 2. The topological polar surface area (TPSA) is 264 Å². The van der Waals surface area contributed by atoms with Crippen molar-refractivity contribution in [1.29, 1.82) is 0 Å². The van der Waals surface area contributed by atoms with E-state index < -0.39 is 56.2 Å². The van der Waals surface area contributed by atoms with Gasteiger partial charge in [-0.25, -0.2) is 38.4 Å². The quantitative estimate of drug-likeness (QED) is 0.0186. The number of alkyl carbamates (subject to hydrolysis) is 2. The Morgan fingerprint density at radius 2 is 0.903 bits per heavy atom. The van der Waals surface area contributed by atoms with Crippen LogP contribution in [0.2, 0.25) is 24.2 Å². The Balaban J connectivity index is 4.41. The van der Waals surface area contributed by atoms with Crippen LogP contribution in [0.5, 0.6) is 0 Å². The molecule has 0 aromatic rings. The average Bonchev–Trinajstić information content (AvgIpc) is 3.22. The third-order valence-corrected chi connectivity index (χ3v) is 15.6. The maximum atomic E-state index is 12.5. The molecule has 0 bridgehead atoms. The molecule has 0 radical (unpaired) electrons. The standard InChI is InChI=1S/C41H72N6O14Si/c1-29(2)33(48)58-24-26-60-35(50)31(46-39(54)56-7)17-11-13-20-42-37(52)44-22-15-19-41(5,6)62(9,10)28-16-23-45-38(53)43-21-14-12-18-32(47-40(55)57-8)36(51)61-27-25-59-34(49)30(3)4/h31-32H,1,3,11-28H2,2,4-10H3,(H,46,54)(H,47,55)(H2,42,44,52)(H2,43,45,53). The normalized spacial score (nSPS) is 11.9. The molecule has 21 heteroatoms. The van der Waals surface area contributed by atoms with Crippen LogP contribution in [-0.4, -0.2) is 135 Å². The van der Waals surface area contributed by atoms with Crippen molar-refractivity contribution in [3.63, 3.8) is 0 Å². The Labute approximate surface area is 367 Å². The summed E-state index contributed by atoms with van der Waals surface area (Å²) in [4.78, 5) is 96.2. The highest BCUT2D eigenvalue weighted by atomic mass is 28.3. The van der Waals surface area contributed by atoms with Crippen LogP contribution in [0.1, 0.15) is 85.5 Å². The lowest BCUT2D eigenvalue weighted by atomic mass is 10.1. The van der Waals surface area contributed by atoms with Gasteiger partial charge in [-0.15, -0.1) is 0 Å². The molecule has 0 aliphatic carbocycles.